The van der Waals surface area contributed by atoms with E-state index in [-0.39, 0.29) is 11.4 Å². The highest BCUT2D eigenvalue weighted by molar-refractivity contribution is 6.06. The van der Waals surface area contributed by atoms with Crippen LogP contribution in [-0.4, -0.2) is 43.4 Å². The van der Waals surface area contributed by atoms with Crippen molar-refractivity contribution in [2.75, 3.05) is 5.73 Å². The second-order valence-corrected chi connectivity index (χ2v) is 5.02. The number of aromatic nitrogens is 1. The van der Waals surface area contributed by atoms with Gasteiger partial charge in [0.15, 0.2) is 0 Å². The summed E-state index contributed by atoms with van der Waals surface area (Å²) in [5, 5.41) is 18.5. The van der Waals surface area contributed by atoms with Gasteiger partial charge in [-0.15, -0.1) is 0 Å². The number of carbonyl (C=O) groups is 3. The Hall–Kier alpha value is -3.20. The van der Waals surface area contributed by atoms with Crippen molar-refractivity contribution in [1.29, 1.82) is 0 Å². The summed E-state index contributed by atoms with van der Waals surface area (Å²) in [6.07, 6.45) is -2.10. The second-order valence-electron chi connectivity index (χ2n) is 5.02. The van der Waals surface area contributed by atoms with Crippen LogP contribution >= 0.6 is 0 Å². The van der Waals surface area contributed by atoms with E-state index in [0.717, 1.165) is 0 Å². The van der Waals surface area contributed by atoms with Gasteiger partial charge in [0.2, 0.25) is 0 Å². The zero-order valence-corrected chi connectivity index (χ0v) is 11.7. The molecule has 1 aromatic heterocycles. The van der Waals surface area contributed by atoms with Crippen molar-refractivity contribution in [3.63, 3.8) is 0 Å². The molecule has 9 heteroatoms. The standard InChI is InChI=1S/C14H12N4O5/c15-9-2-1-3-10-7(9)4-5-11(16-10)8-6-12(19)17(13(8)20)18(23)14(21)22/h1-5,8,23H,6,15H2,(H,21,22). The summed E-state index contributed by atoms with van der Waals surface area (Å²) in [5.74, 6) is -2.63. The number of hydrazine groups is 1. The number of hydroxylamine groups is 1. The van der Waals surface area contributed by atoms with Gasteiger partial charge < -0.3 is 10.8 Å². The summed E-state index contributed by atoms with van der Waals surface area (Å²) in [7, 11) is 0. The number of carboxylic acid groups (broad SMARTS) is 1. The van der Waals surface area contributed by atoms with Crippen LogP contribution in [0.2, 0.25) is 0 Å². The van der Waals surface area contributed by atoms with Crippen LogP contribution in [0.15, 0.2) is 30.3 Å². The number of rotatable bonds is 2. The summed E-state index contributed by atoms with van der Waals surface area (Å²) in [6, 6.07) is 8.38. The lowest BCUT2D eigenvalue weighted by atomic mass is 10.0. The van der Waals surface area contributed by atoms with Gasteiger partial charge >= 0.3 is 6.09 Å². The molecular weight excluding hydrogens is 304 g/mol. The van der Waals surface area contributed by atoms with Gasteiger partial charge in [-0.3, -0.25) is 19.8 Å². The first-order chi connectivity index (χ1) is 10.9. The number of nitrogens with zero attached hydrogens (tertiary/aromatic N) is 3. The Balaban J connectivity index is 1.98. The van der Waals surface area contributed by atoms with Gasteiger partial charge in [0.25, 0.3) is 11.8 Å². The molecular formula is C14H12N4O5. The summed E-state index contributed by atoms with van der Waals surface area (Å²) in [6.45, 7) is 0. The fourth-order valence-corrected chi connectivity index (χ4v) is 2.52. The normalized spacial score (nSPS) is 17.8. The predicted molar refractivity (Wildman–Crippen MR) is 77.0 cm³/mol. The number of fused-ring (bicyclic) bond motifs is 1. The fourth-order valence-electron chi connectivity index (χ4n) is 2.52. The Bertz CT molecular complexity index is 837. The minimum atomic E-state index is -1.83. The maximum absolute atomic E-state index is 12.2. The van der Waals surface area contributed by atoms with Crippen LogP contribution in [0, 0.1) is 0 Å². The summed E-state index contributed by atoms with van der Waals surface area (Å²) < 4.78 is 0. The van der Waals surface area contributed by atoms with Crippen molar-refractivity contribution in [2.24, 2.45) is 0 Å². The van der Waals surface area contributed by atoms with E-state index in [4.69, 9.17) is 10.8 Å². The SMILES string of the molecule is Nc1cccc2nc(C3CC(=O)N(N(O)C(=O)O)C3=O)ccc12. The summed E-state index contributed by atoms with van der Waals surface area (Å²) >= 11 is 0. The van der Waals surface area contributed by atoms with Crippen molar-refractivity contribution in [3.05, 3.63) is 36.0 Å². The smallest absolute Gasteiger partial charge is 0.452 e. The van der Waals surface area contributed by atoms with Crippen LogP contribution in [0.3, 0.4) is 0 Å². The summed E-state index contributed by atoms with van der Waals surface area (Å²) in [4.78, 5) is 39.1. The zero-order valence-electron chi connectivity index (χ0n) is 11.7. The van der Waals surface area contributed by atoms with Crippen LogP contribution in [-0.2, 0) is 9.59 Å². The molecule has 9 nitrogen and oxygen atoms in total. The minimum Gasteiger partial charge on any atom is -0.462 e. The largest absolute Gasteiger partial charge is 0.462 e. The third-order valence-electron chi connectivity index (χ3n) is 3.63. The monoisotopic (exact) mass is 316 g/mol. The van der Waals surface area contributed by atoms with E-state index in [1.807, 2.05) is 0 Å². The molecule has 0 aliphatic carbocycles. The molecule has 1 aliphatic heterocycles. The lowest BCUT2D eigenvalue weighted by molar-refractivity contribution is -0.209. The van der Waals surface area contributed by atoms with E-state index < -0.39 is 29.0 Å². The quantitative estimate of drug-likeness (QED) is 0.324. The Kier molecular flexibility index (Phi) is 3.34. The van der Waals surface area contributed by atoms with Gasteiger partial charge in [-0.2, -0.15) is 5.01 Å². The van der Waals surface area contributed by atoms with E-state index in [1.165, 1.54) is 0 Å². The zero-order chi connectivity index (χ0) is 16.7. The first kappa shape index (κ1) is 14.7. The number of benzene rings is 1. The van der Waals surface area contributed by atoms with Gasteiger partial charge in [0, 0.05) is 17.5 Å². The van der Waals surface area contributed by atoms with Crippen molar-refractivity contribution >= 4 is 34.5 Å². The highest BCUT2D eigenvalue weighted by Gasteiger charge is 2.45. The molecule has 0 radical (unpaired) electrons. The molecule has 1 atom stereocenters. The van der Waals surface area contributed by atoms with Gasteiger partial charge in [-0.25, -0.2) is 4.79 Å². The molecule has 1 unspecified atom stereocenters. The molecule has 0 saturated carbocycles. The molecule has 1 aliphatic rings. The molecule has 0 bridgehead atoms. The number of hydrogen-bond donors (Lipinski definition) is 3. The third-order valence-corrected chi connectivity index (χ3v) is 3.63. The molecule has 118 valence electrons. The number of amides is 3. The first-order valence-corrected chi connectivity index (χ1v) is 6.64. The lowest BCUT2D eigenvalue weighted by Crippen LogP contribution is -2.47. The van der Waals surface area contributed by atoms with Crippen LogP contribution < -0.4 is 5.73 Å². The fraction of sp³-hybridized carbons (Fsp3) is 0.143. The molecule has 3 amide bonds. The Morgan fingerprint density at radius 3 is 2.74 bits per heavy atom. The predicted octanol–water partition coefficient (Wildman–Crippen LogP) is 0.944. The highest BCUT2D eigenvalue weighted by atomic mass is 16.6. The molecule has 2 aromatic rings. The van der Waals surface area contributed by atoms with E-state index in [0.29, 0.717) is 22.3 Å². The summed E-state index contributed by atoms with van der Waals surface area (Å²) in [5.41, 5.74) is 7.23. The van der Waals surface area contributed by atoms with Crippen LogP contribution in [0.25, 0.3) is 10.9 Å². The lowest BCUT2D eigenvalue weighted by Gasteiger charge is -2.20. The van der Waals surface area contributed by atoms with Gasteiger partial charge in [-0.1, -0.05) is 11.2 Å². The van der Waals surface area contributed by atoms with Gasteiger partial charge in [-0.05, 0) is 24.3 Å². The van der Waals surface area contributed by atoms with E-state index in [2.05, 4.69) is 4.98 Å². The number of pyridine rings is 1. The number of anilines is 1. The number of nitrogen functional groups attached to an aromatic ring is 1. The van der Waals surface area contributed by atoms with Crippen LogP contribution in [0.5, 0.6) is 0 Å². The van der Waals surface area contributed by atoms with Crippen molar-refractivity contribution in [3.8, 4) is 0 Å². The third kappa shape index (κ3) is 2.32. The average molecular weight is 316 g/mol. The number of carbonyl (C=O) groups excluding carboxylic acids is 2. The molecule has 1 aromatic carbocycles. The van der Waals surface area contributed by atoms with Crippen LogP contribution in [0.4, 0.5) is 10.5 Å². The van der Waals surface area contributed by atoms with E-state index in [9.17, 15) is 19.6 Å². The molecule has 1 saturated heterocycles. The second kappa shape index (κ2) is 5.21. The topological polar surface area (TPSA) is 137 Å². The van der Waals surface area contributed by atoms with E-state index >= 15 is 0 Å². The van der Waals surface area contributed by atoms with Gasteiger partial charge in [0.05, 0.1) is 17.1 Å². The van der Waals surface area contributed by atoms with Crippen molar-refractivity contribution in [2.45, 2.75) is 12.3 Å². The van der Waals surface area contributed by atoms with Crippen molar-refractivity contribution in [1.82, 2.24) is 15.2 Å². The van der Waals surface area contributed by atoms with Crippen LogP contribution in [0.1, 0.15) is 18.0 Å². The Morgan fingerprint density at radius 2 is 2.04 bits per heavy atom. The van der Waals surface area contributed by atoms with Crippen molar-refractivity contribution < 1.29 is 24.7 Å². The molecule has 0 spiro atoms. The molecule has 1 fully saturated rings. The average Bonchev–Trinajstić information content (AvgIpc) is 2.81. The maximum atomic E-state index is 12.2. The molecule has 2 heterocycles. The van der Waals surface area contributed by atoms with E-state index in [1.54, 1.807) is 30.3 Å². The highest BCUT2D eigenvalue weighted by Crippen LogP contribution is 2.31. The van der Waals surface area contributed by atoms with Gasteiger partial charge in [0.1, 0.15) is 0 Å². The Morgan fingerprint density at radius 1 is 1.30 bits per heavy atom. The first-order valence-electron chi connectivity index (χ1n) is 6.64. The Labute approximate surface area is 129 Å². The number of hydrogen-bond acceptors (Lipinski definition) is 6. The minimum absolute atomic E-state index is 0.193. The maximum Gasteiger partial charge on any atom is 0.452 e. The number of nitrogens with two attached hydrogens (primary N) is 1. The molecule has 23 heavy (non-hydrogen) atoms. The molecule has 3 rings (SSSR count). The number of imide groups is 1. The molecule has 4 N–H and O–H groups in total.